The number of aryl methyl sites for hydroxylation is 1. The van der Waals surface area contributed by atoms with Crippen molar-refractivity contribution < 1.29 is 9.53 Å². The molecule has 2 amide bonds. The second kappa shape index (κ2) is 7.71. The summed E-state index contributed by atoms with van der Waals surface area (Å²) in [5.74, 6) is 0. The van der Waals surface area contributed by atoms with Gasteiger partial charge >= 0.3 is 6.03 Å². The number of carbonyl (C=O) groups is 1. The average molecular weight is 250 g/mol. The number of carbonyl (C=O) groups excluding carboxylic acids is 1. The van der Waals surface area contributed by atoms with E-state index in [9.17, 15) is 4.79 Å². The predicted molar refractivity (Wildman–Crippen MR) is 73.9 cm³/mol. The molecule has 0 atom stereocenters. The third-order valence-corrected chi connectivity index (χ3v) is 2.33. The Morgan fingerprint density at radius 3 is 2.83 bits per heavy atom. The third-order valence-electron chi connectivity index (χ3n) is 2.33. The Bertz CT molecular complexity index is 378. The van der Waals surface area contributed by atoms with Gasteiger partial charge in [0.1, 0.15) is 0 Å². The third kappa shape index (κ3) is 6.25. The molecule has 0 aliphatic carbocycles. The van der Waals surface area contributed by atoms with E-state index in [1.807, 2.05) is 45.0 Å². The molecular formula is C14H22N2O2. The summed E-state index contributed by atoms with van der Waals surface area (Å²) in [6.45, 7) is 7.27. The molecule has 0 saturated carbocycles. The van der Waals surface area contributed by atoms with Crippen LogP contribution in [0.1, 0.15) is 25.8 Å². The monoisotopic (exact) mass is 250 g/mol. The minimum Gasteiger partial charge on any atom is -0.379 e. The molecule has 0 saturated heterocycles. The van der Waals surface area contributed by atoms with Crippen LogP contribution in [-0.4, -0.2) is 25.3 Å². The van der Waals surface area contributed by atoms with E-state index in [-0.39, 0.29) is 12.1 Å². The molecule has 0 fully saturated rings. The quantitative estimate of drug-likeness (QED) is 0.763. The molecule has 0 radical (unpaired) electrons. The summed E-state index contributed by atoms with van der Waals surface area (Å²) in [7, 11) is 0. The highest BCUT2D eigenvalue weighted by atomic mass is 16.5. The second-order valence-electron chi connectivity index (χ2n) is 4.52. The zero-order valence-electron chi connectivity index (χ0n) is 11.3. The summed E-state index contributed by atoms with van der Waals surface area (Å²) in [4.78, 5) is 11.6. The lowest BCUT2D eigenvalue weighted by molar-refractivity contribution is 0.0775. The van der Waals surface area contributed by atoms with E-state index < -0.39 is 0 Å². The number of nitrogens with one attached hydrogen (secondary N) is 2. The molecule has 0 heterocycles. The average Bonchev–Trinajstić information content (AvgIpc) is 2.28. The first-order chi connectivity index (χ1) is 8.58. The smallest absolute Gasteiger partial charge is 0.319 e. The van der Waals surface area contributed by atoms with Crippen LogP contribution in [0.4, 0.5) is 10.5 Å². The van der Waals surface area contributed by atoms with Crippen LogP contribution >= 0.6 is 0 Å². The van der Waals surface area contributed by atoms with E-state index in [1.165, 1.54) is 0 Å². The Hall–Kier alpha value is -1.55. The van der Waals surface area contributed by atoms with E-state index in [0.717, 1.165) is 17.7 Å². The molecule has 18 heavy (non-hydrogen) atoms. The van der Waals surface area contributed by atoms with Crippen molar-refractivity contribution in [2.24, 2.45) is 0 Å². The number of ether oxygens (including phenoxy) is 1. The van der Waals surface area contributed by atoms with E-state index in [1.54, 1.807) is 0 Å². The van der Waals surface area contributed by atoms with Crippen LogP contribution in [0.5, 0.6) is 0 Å². The van der Waals surface area contributed by atoms with Gasteiger partial charge in [0.05, 0.1) is 6.10 Å². The van der Waals surface area contributed by atoms with Crippen LogP contribution in [0.15, 0.2) is 24.3 Å². The molecule has 2 N–H and O–H groups in total. The zero-order chi connectivity index (χ0) is 13.4. The van der Waals surface area contributed by atoms with Crippen LogP contribution in [0.2, 0.25) is 0 Å². The van der Waals surface area contributed by atoms with Gasteiger partial charge in [0.15, 0.2) is 0 Å². The van der Waals surface area contributed by atoms with Gasteiger partial charge < -0.3 is 15.4 Å². The molecule has 0 unspecified atom stereocenters. The highest BCUT2D eigenvalue weighted by molar-refractivity contribution is 5.89. The summed E-state index contributed by atoms with van der Waals surface area (Å²) in [6.07, 6.45) is 1.06. The van der Waals surface area contributed by atoms with E-state index in [2.05, 4.69) is 10.6 Å². The maximum absolute atomic E-state index is 11.6. The number of hydrogen-bond donors (Lipinski definition) is 2. The lowest BCUT2D eigenvalue weighted by Gasteiger charge is -2.09. The molecule has 4 heteroatoms. The molecule has 4 nitrogen and oxygen atoms in total. The van der Waals surface area contributed by atoms with E-state index in [4.69, 9.17) is 4.74 Å². The van der Waals surface area contributed by atoms with Gasteiger partial charge in [-0.15, -0.1) is 0 Å². The number of urea groups is 1. The molecule has 1 aromatic carbocycles. The van der Waals surface area contributed by atoms with Gasteiger partial charge in [0, 0.05) is 18.8 Å². The maximum Gasteiger partial charge on any atom is 0.319 e. The maximum atomic E-state index is 11.6. The molecule has 0 aliphatic heterocycles. The van der Waals surface area contributed by atoms with Crippen LogP contribution in [0.25, 0.3) is 0 Å². The standard InChI is InChI=1S/C14H22N2O2/c1-11(2)18-9-5-8-15-14(17)16-13-7-4-6-12(3)10-13/h4,6-7,10-11H,5,8-9H2,1-3H3,(H2,15,16,17). The fraction of sp³-hybridized carbons (Fsp3) is 0.500. The molecule has 0 aromatic heterocycles. The Morgan fingerprint density at radius 2 is 2.17 bits per heavy atom. The van der Waals surface area contributed by atoms with Crippen molar-refractivity contribution in [3.8, 4) is 0 Å². The second-order valence-corrected chi connectivity index (χ2v) is 4.52. The van der Waals surface area contributed by atoms with Gasteiger partial charge in [0.25, 0.3) is 0 Å². The Balaban J connectivity index is 2.18. The molecule has 1 rings (SSSR count). The summed E-state index contributed by atoms with van der Waals surface area (Å²) >= 11 is 0. The van der Waals surface area contributed by atoms with Crippen LogP contribution in [0, 0.1) is 6.92 Å². The van der Waals surface area contributed by atoms with Gasteiger partial charge in [0.2, 0.25) is 0 Å². The van der Waals surface area contributed by atoms with Gasteiger partial charge in [-0.2, -0.15) is 0 Å². The highest BCUT2D eigenvalue weighted by Gasteiger charge is 2.01. The summed E-state index contributed by atoms with van der Waals surface area (Å²) in [5.41, 5.74) is 1.93. The van der Waals surface area contributed by atoms with Crippen molar-refractivity contribution in [1.29, 1.82) is 0 Å². The van der Waals surface area contributed by atoms with Crippen molar-refractivity contribution in [3.63, 3.8) is 0 Å². The van der Waals surface area contributed by atoms with Crippen LogP contribution < -0.4 is 10.6 Å². The van der Waals surface area contributed by atoms with Crippen molar-refractivity contribution in [1.82, 2.24) is 5.32 Å². The molecular weight excluding hydrogens is 228 g/mol. The van der Waals surface area contributed by atoms with Crippen molar-refractivity contribution in [2.45, 2.75) is 33.3 Å². The van der Waals surface area contributed by atoms with Crippen molar-refractivity contribution in [2.75, 3.05) is 18.5 Å². The minimum atomic E-state index is -0.176. The largest absolute Gasteiger partial charge is 0.379 e. The van der Waals surface area contributed by atoms with E-state index in [0.29, 0.717) is 13.2 Å². The number of benzene rings is 1. The lowest BCUT2D eigenvalue weighted by Crippen LogP contribution is -2.30. The minimum absolute atomic E-state index is 0.176. The van der Waals surface area contributed by atoms with Gasteiger partial charge in [-0.3, -0.25) is 0 Å². The number of anilines is 1. The summed E-state index contributed by atoms with van der Waals surface area (Å²) in [5, 5.41) is 5.59. The first-order valence-electron chi connectivity index (χ1n) is 6.31. The Kier molecular flexibility index (Phi) is 6.22. The summed E-state index contributed by atoms with van der Waals surface area (Å²) < 4.78 is 5.39. The fourth-order valence-electron chi connectivity index (χ4n) is 1.49. The SMILES string of the molecule is Cc1cccc(NC(=O)NCCCOC(C)C)c1. The van der Waals surface area contributed by atoms with Crippen molar-refractivity contribution in [3.05, 3.63) is 29.8 Å². The highest BCUT2D eigenvalue weighted by Crippen LogP contribution is 2.08. The van der Waals surface area contributed by atoms with Gasteiger partial charge in [-0.25, -0.2) is 4.79 Å². The summed E-state index contributed by atoms with van der Waals surface area (Å²) in [6, 6.07) is 7.54. The topological polar surface area (TPSA) is 50.4 Å². The van der Waals surface area contributed by atoms with Crippen LogP contribution in [-0.2, 0) is 4.74 Å². The molecule has 100 valence electrons. The van der Waals surface area contributed by atoms with Crippen LogP contribution in [0.3, 0.4) is 0 Å². The number of rotatable bonds is 6. The van der Waals surface area contributed by atoms with Crippen molar-refractivity contribution >= 4 is 11.7 Å². The number of amides is 2. The Labute approximate surface area is 109 Å². The Morgan fingerprint density at radius 1 is 1.39 bits per heavy atom. The fourth-order valence-corrected chi connectivity index (χ4v) is 1.49. The van der Waals surface area contributed by atoms with Gasteiger partial charge in [-0.05, 0) is 44.9 Å². The first-order valence-corrected chi connectivity index (χ1v) is 6.31. The normalized spacial score (nSPS) is 10.4. The molecule has 1 aromatic rings. The predicted octanol–water partition coefficient (Wildman–Crippen LogP) is 2.93. The first kappa shape index (κ1) is 14.5. The lowest BCUT2D eigenvalue weighted by atomic mass is 10.2. The number of hydrogen-bond acceptors (Lipinski definition) is 2. The molecule has 0 aliphatic rings. The van der Waals surface area contributed by atoms with Gasteiger partial charge in [-0.1, -0.05) is 12.1 Å². The zero-order valence-corrected chi connectivity index (χ0v) is 11.3. The van der Waals surface area contributed by atoms with E-state index >= 15 is 0 Å². The molecule has 0 bridgehead atoms. The molecule has 0 spiro atoms.